The Kier molecular flexibility index (Phi) is 6.94. The van der Waals surface area contributed by atoms with Crippen LogP contribution in [-0.2, 0) is 4.79 Å². The van der Waals surface area contributed by atoms with Gasteiger partial charge in [0.2, 0.25) is 0 Å². The van der Waals surface area contributed by atoms with Crippen LogP contribution in [0.3, 0.4) is 0 Å². The molecule has 0 spiro atoms. The van der Waals surface area contributed by atoms with Gasteiger partial charge in [0.15, 0.2) is 11.5 Å². The number of halogens is 2. The van der Waals surface area contributed by atoms with Gasteiger partial charge < -0.3 is 19.9 Å². The minimum absolute atomic E-state index is 0.0637. The Morgan fingerprint density at radius 3 is 2.33 bits per heavy atom. The molecule has 0 radical (unpaired) electrons. The van der Waals surface area contributed by atoms with Gasteiger partial charge in [0.1, 0.15) is 0 Å². The maximum absolute atomic E-state index is 12.4. The monoisotopic (exact) mass is 345 g/mol. The quantitative estimate of drug-likeness (QED) is 0.719. The summed E-state index contributed by atoms with van der Waals surface area (Å²) in [5.41, 5.74) is -0.998. The van der Waals surface area contributed by atoms with Crippen molar-refractivity contribution in [1.82, 2.24) is 5.32 Å². The van der Waals surface area contributed by atoms with E-state index < -0.39 is 23.9 Å². The lowest BCUT2D eigenvalue weighted by Gasteiger charge is -2.26. The number of hydrogen-bond donors (Lipinski definition) is 2. The molecule has 6 nitrogen and oxygen atoms in total. The predicted octanol–water partition coefficient (Wildman–Crippen LogP) is 2.92. The van der Waals surface area contributed by atoms with Crippen LogP contribution in [0, 0.1) is 5.41 Å². The number of hydrogen-bond acceptors (Lipinski definition) is 4. The topological polar surface area (TPSA) is 84.9 Å². The second kappa shape index (κ2) is 8.47. The number of carbonyl (C=O) groups is 2. The van der Waals surface area contributed by atoms with Gasteiger partial charge >= 0.3 is 12.6 Å². The standard InChI is InChI=1S/C16H21F2NO5/c1-4-16(5-2,14(21)22)9-19-13(20)10-6-7-11(23-3)12(8-10)24-15(17)18/h6-8,15H,4-5,9H2,1-3H3,(H,19,20)(H,21,22). The summed E-state index contributed by atoms with van der Waals surface area (Å²) in [4.78, 5) is 23.6. The van der Waals surface area contributed by atoms with Gasteiger partial charge in [0, 0.05) is 12.1 Å². The fourth-order valence-corrected chi connectivity index (χ4v) is 2.24. The zero-order valence-corrected chi connectivity index (χ0v) is 13.8. The van der Waals surface area contributed by atoms with Crippen LogP contribution in [0.25, 0.3) is 0 Å². The number of nitrogens with one attached hydrogen (secondary N) is 1. The first kappa shape index (κ1) is 19.7. The number of ether oxygens (including phenoxy) is 2. The maximum Gasteiger partial charge on any atom is 0.387 e. The molecular formula is C16H21F2NO5. The molecule has 134 valence electrons. The van der Waals surface area contributed by atoms with E-state index in [2.05, 4.69) is 10.1 Å². The van der Waals surface area contributed by atoms with Crippen LogP contribution in [0.2, 0.25) is 0 Å². The van der Waals surface area contributed by atoms with Crippen LogP contribution >= 0.6 is 0 Å². The van der Waals surface area contributed by atoms with E-state index in [1.54, 1.807) is 13.8 Å². The van der Waals surface area contributed by atoms with Crippen LogP contribution in [0.5, 0.6) is 11.5 Å². The largest absolute Gasteiger partial charge is 0.493 e. The molecule has 1 aromatic carbocycles. The second-order valence-electron chi connectivity index (χ2n) is 5.22. The first-order chi connectivity index (χ1) is 11.3. The van der Waals surface area contributed by atoms with Gasteiger partial charge in [-0.1, -0.05) is 13.8 Å². The molecule has 0 saturated carbocycles. The third kappa shape index (κ3) is 4.56. The Hall–Kier alpha value is -2.38. The predicted molar refractivity (Wildman–Crippen MR) is 82.6 cm³/mol. The highest BCUT2D eigenvalue weighted by Crippen LogP contribution is 2.30. The summed E-state index contributed by atoms with van der Waals surface area (Å²) >= 11 is 0. The number of amides is 1. The smallest absolute Gasteiger partial charge is 0.387 e. The molecule has 0 atom stereocenters. The summed E-state index contributed by atoms with van der Waals surface area (Å²) < 4.78 is 34.0. The van der Waals surface area contributed by atoms with Gasteiger partial charge in [-0.3, -0.25) is 9.59 Å². The zero-order valence-electron chi connectivity index (χ0n) is 13.8. The molecule has 0 aliphatic carbocycles. The Bertz CT molecular complexity index is 588. The fourth-order valence-electron chi connectivity index (χ4n) is 2.24. The van der Waals surface area contributed by atoms with E-state index in [0.717, 1.165) is 6.07 Å². The molecule has 0 unspecified atom stereocenters. The Labute approximate surface area is 138 Å². The average Bonchev–Trinajstić information content (AvgIpc) is 2.55. The lowest BCUT2D eigenvalue weighted by molar-refractivity contribution is -0.149. The van der Waals surface area contributed by atoms with E-state index in [1.807, 2.05) is 0 Å². The van der Waals surface area contributed by atoms with Crippen LogP contribution in [0.1, 0.15) is 37.0 Å². The highest BCUT2D eigenvalue weighted by Gasteiger charge is 2.35. The fraction of sp³-hybridized carbons (Fsp3) is 0.500. The lowest BCUT2D eigenvalue weighted by atomic mass is 9.82. The zero-order chi connectivity index (χ0) is 18.3. The van der Waals surface area contributed by atoms with Crippen LogP contribution in [-0.4, -0.2) is 37.2 Å². The van der Waals surface area contributed by atoms with E-state index >= 15 is 0 Å². The average molecular weight is 345 g/mol. The molecule has 0 bridgehead atoms. The normalized spacial score (nSPS) is 11.2. The summed E-state index contributed by atoms with van der Waals surface area (Å²) in [6, 6.07) is 3.84. The van der Waals surface area contributed by atoms with Crippen molar-refractivity contribution in [3.8, 4) is 11.5 Å². The number of alkyl halides is 2. The number of rotatable bonds is 9. The molecule has 0 heterocycles. The Morgan fingerprint density at radius 1 is 1.25 bits per heavy atom. The van der Waals surface area contributed by atoms with E-state index in [-0.39, 0.29) is 23.6 Å². The van der Waals surface area contributed by atoms with E-state index in [9.17, 15) is 23.5 Å². The van der Waals surface area contributed by atoms with Crippen molar-refractivity contribution in [3.05, 3.63) is 23.8 Å². The molecule has 0 aromatic heterocycles. The maximum atomic E-state index is 12.4. The highest BCUT2D eigenvalue weighted by atomic mass is 19.3. The van der Waals surface area contributed by atoms with Gasteiger partial charge in [-0.05, 0) is 31.0 Å². The van der Waals surface area contributed by atoms with Crippen molar-refractivity contribution in [3.63, 3.8) is 0 Å². The molecule has 0 aliphatic rings. The minimum atomic E-state index is -3.06. The molecule has 1 rings (SSSR count). The second-order valence-corrected chi connectivity index (χ2v) is 5.22. The Morgan fingerprint density at radius 2 is 1.88 bits per heavy atom. The van der Waals surface area contributed by atoms with Gasteiger partial charge in [-0.2, -0.15) is 8.78 Å². The van der Waals surface area contributed by atoms with Gasteiger partial charge in [-0.25, -0.2) is 0 Å². The third-order valence-corrected chi connectivity index (χ3v) is 4.04. The number of carboxylic acids is 1. The molecule has 0 saturated heterocycles. The molecule has 8 heteroatoms. The first-order valence-corrected chi connectivity index (χ1v) is 7.44. The van der Waals surface area contributed by atoms with Gasteiger partial charge in [-0.15, -0.1) is 0 Å². The van der Waals surface area contributed by atoms with E-state index in [0.29, 0.717) is 12.8 Å². The molecule has 1 aromatic rings. The summed E-state index contributed by atoms with van der Waals surface area (Å²) in [6.07, 6.45) is 0.697. The summed E-state index contributed by atoms with van der Waals surface area (Å²) in [5.74, 6) is -1.78. The van der Waals surface area contributed by atoms with Gasteiger partial charge in [0.05, 0.1) is 12.5 Å². The lowest BCUT2D eigenvalue weighted by Crippen LogP contribution is -2.42. The number of carboxylic acid groups (broad SMARTS) is 1. The van der Waals surface area contributed by atoms with Crippen molar-refractivity contribution in [2.24, 2.45) is 5.41 Å². The summed E-state index contributed by atoms with van der Waals surface area (Å²) in [7, 11) is 1.29. The molecule has 2 N–H and O–H groups in total. The van der Waals surface area contributed by atoms with Crippen LogP contribution < -0.4 is 14.8 Å². The van der Waals surface area contributed by atoms with Crippen molar-refractivity contribution in [2.45, 2.75) is 33.3 Å². The first-order valence-electron chi connectivity index (χ1n) is 7.44. The Balaban J connectivity index is 2.93. The van der Waals surface area contributed by atoms with Crippen LogP contribution in [0.15, 0.2) is 18.2 Å². The number of benzene rings is 1. The SMILES string of the molecule is CCC(CC)(CNC(=O)c1ccc(OC)c(OC(F)F)c1)C(=O)O. The van der Waals surface area contributed by atoms with Crippen LogP contribution in [0.4, 0.5) is 8.78 Å². The van der Waals surface area contributed by atoms with Crippen molar-refractivity contribution < 1.29 is 33.0 Å². The molecular weight excluding hydrogens is 324 g/mol. The van der Waals surface area contributed by atoms with Crippen molar-refractivity contribution in [1.29, 1.82) is 0 Å². The van der Waals surface area contributed by atoms with E-state index in [1.165, 1.54) is 19.2 Å². The molecule has 0 aliphatic heterocycles. The number of methoxy groups -OCH3 is 1. The van der Waals surface area contributed by atoms with Crippen molar-refractivity contribution >= 4 is 11.9 Å². The molecule has 0 fully saturated rings. The third-order valence-electron chi connectivity index (χ3n) is 4.04. The molecule has 1 amide bonds. The van der Waals surface area contributed by atoms with E-state index in [4.69, 9.17) is 4.74 Å². The minimum Gasteiger partial charge on any atom is -0.493 e. The highest BCUT2D eigenvalue weighted by molar-refractivity contribution is 5.95. The molecule has 24 heavy (non-hydrogen) atoms. The summed E-state index contributed by atoms with van der Waals surface area (Å²) in [6.45, 7) is 0.333. The number of aliphatic carboxylic acids is 1. The van der Waals surface area contributed by atoms with Gasteiger partial charge in [0.25, 0.3) is 5.91 Å². The number of carbonyl (C=O) groups excluding carboxylic acids is 1. The van der Waals surface area contributed by atoms with Crippen molar-refractivity contribution in [2.75, 3.05) is 13.7 Å². The summed E-state index contributed by atoms with van der Waals surface area (Å²) in [5, 5.41) is 11.9.